The van der Waals surface area contributed by atoms with Crippen molar-refractivity contribution in [3.8, 4) is 11.5 Å². The molecule has 0 aromatic heterocycles. The highest BCUT2D eigenvalue weighted by Crippen LogP contribution is 2.71. The Kier molecular flexibility index (Phi) is 8.35. The third kappa shape index (κ3) is 4.41. The zero-order valence-corrected chi connectivity index (χ0v) is 42.5. The highest BCUT2D eigenvalue weighted by atomic mass is 16.5. The van der Waals surface area contributed by atoms with Crippen molar-refractivity contribution in [3.63, 3.8) is 0 Å². The first kappa shape index (κ1) is 43.8. The second kappa shape index (κ2) is 11.6. The summed E-state index contributed by atoms with van der Waals surface area (Å²) in [6.07, 6.45) is 0. The first-order valence-corrected chi connectivity index (χ1v) is 23.0. The normalized spacial score (nSPS) is 25.1. The van der Waals surface area contributed by atoms with Crippen LogP contribution >= 0.6 is 0 Å². The number of carbonyl (C=O) groups is 1. The van der Waals surface area contributed by atoms with Crippen LogP contribution in [0.3, 0.4) is 0 Å². The molecule has 3 aromatic carbocycles. The molecule has 0 saturated carbocycles. The molecule has 5 aliphatic heterocycles. The monoisotopic (exact) mass is 826 g/mol. The number of carboxylic acid groups (broad SMARTS) is 1. The lowest BCUT2D eigenvalue weighted by Crippen LogP contribution is -2.76. The second-order valence-corrected chi connectivity index (χ2v) is 25.1. The van der Waals surface area contributed by atoms with Crippen molar-refractivity contribution < 1.29 is 14.6 Å². The van der Waals surface area contributed by atoms with Gasteiger partial charge < -0.3 is 14.7 Å². The summed E-state index contributed by atoms with van der Waals surface area (Å²) >= 11 is 0. The minimum atomic E-state index is -0.924. The molecule has 0 bridgehead atoms. The Morgan fingerprint density at radius 1 is 0.607 bits per heavy atom. The van der Waals surface area contributed by atoms with E-state index in [1.54, 1.807) is 6.07 Å². The summed E-state index contributed by atoms with van der Waals surface area (Å²) in [6, 6.07) is 7.72. The van der Waals surface area contributed by atoms with E-state index in [1.165, 1.54) is 50.0 Å². The highest BCUT2D eigenvalue weighted by Gasteiger charge is 2.69. The van der Waals surface area contributed by atoms with E-state index in [9.17, 15) is 9.90 Å². The molecule has 1 N–H and O–H groups in total. The van der Waals surface area contributed by atoms with Crippen LogP contribution in [0.5, 0.6) is 11.5 Å². The smallest absolute Gasteiger partial charge is 0.336 e. The molecule has 5 heterocycles. The molecular formula is C56H77N2O3+. The number of fused-ring (bicyclic) bond motifs is 4. The van der Waals surface area contributed by atoms with Gasteiger partial charge in [-0.05, 0) is 106 Å². The average molecular weight is 826 g/mol. The molecule has 8 rings (SSSR count). The van der Waals surface area contributed by atoms with Crippen LogP contribution in [0.1, 0.15) is 207 Å². The molecule has 5 nitrogen and oxygen atoms in total. The van der Waals surface area contributed by atoms with Crippen LogP contribution in [-0.4, -0.2) is 33.2 Å². The van der Waals surface area contributed by atoms with Gasteiger partial charge >= 0.3 is 5.97 Å². The fourth-order valence-corrected chi connectivity index (χ4v) is 14.1. The standard InChI is InChI=1S/C56H76N2O3/c1-29-32(4)50(11,12)57-42-35(29)30(2)36-38(33-27-25-26-28-34(33)46(59)60)37-31(3)39-43-41(45(37)61-44(36)40(42)48(7,8)52(15,16)54(57,19)20)49(9,10)53(17,18)56(23,24)58(43)55(21,22)51(13,14)47(39,5)6/h25-28H,1-24H3/p+1. The molecule has 5 aliphatic rings. The number of hydrogen-bond acceptors (Lipinski definition) is 3. The van der Waals surface area contributed by atoms with Crippen molar-refractivity contribution in [2.45, 2.75) is 205 Å². The van der Waals surface area contributed by atoms with Gasteiger partial charge in [0.2, 0.25) is 5.36 Å². The summed E-state index contributed by atoms with van der Waals surface area (Å²) in [7, 11) is 0. The molecule has 5 heteroatoms. The van der Waals surface area contributed by atoms with Crippen LogP contribution in [0.4, 0.5) is 5.69 Å². The largest absolute Gasteiger partial charge is 0.478 e. The maximum Gasteiger partial charge on any atom is 0.336 e. The van der Waals surface area contributed by atoms with Crippen LogP contribution in [-0.2, 0) is 16.2 Å². The van der Waals surface area contributed by atoms with Gasteiger partial charge in [0.05, 0.1) is 16.7 Å². The zero-order valence-electron chi connectivity index (χ0n) is 42.5. The number of benzene rings is 3. The Balaban J connectivity index is 1.78. The SMILES string of the molecule is CC1=C(C)C(C)(C)[N+]2=c3c1c(C)c1c(c3C(C)(C)C(C)(C)C2(C)C)Oc2c(c(C)c3c4c2C(C)(C)C(C)(C)C(C)(C)N4C(C)(C)C(C)(C)C3(C)C)C=1c1ccccc1C(=O)O. The Bertz CT molecular complexity index is 2730. The van der Waals surface area contributed by atoms with Crippen LogP contribution in [0, 0.1) is 30.1 Å². The minimum Gasteiger partial charge on any atom is -0.478 e. The van der Waals surface area contributed by atoms with Gasteiger partial charge in [-0.1, -0.05) is 101 Å². The number of rotatable bonds is 2. The van der Waals surface area contributed by atoms with Crippen molar-refractivity contribution in [1.29, 1.82) is 0 Å². The summed E-state index contributed by atoms with van der Waals surface area (Å²) in [5.74, 6) is 0.853. The molecule has 0 unspecified atom stereocenters. The Morgan fingerprint density at radius 3 is 1.62 bits per heavy atom. The van der Waals surface area contributed by atoms with E-state index in [0.717, 1.165) is 39.0 Å². The molecule has 328 valence electrons. The van der Waals surface area contributed by atoms with E-state index < -0.39 is 5.97 Å². The molecule has 0 amide bonds. The van der Waals surface area contributed by atoms with E-state index in [1.807, 2.05) is 12.1 Å². The summed E-state index contributed by atoms with van der Waals surface area (Å²) < 4.78 is 10.8. The summed E-state index contributed by atoms with van der Waals surface area (Å²) in [6.45, 7) is 58.1. The van der Waals surface area contributed by atoms with Gasteiger partial charge in [0.1, 0.15) is 11.5 Å². The molecular weight excluding hydrogens is 749 g/mol. The molecule has 0 radical (unpaired) electrons. The highest BCUT2D eigenvalue weighted by molar-refractivity contribution is 6.01. The van der Waals surface area contributed by atoms with Crippen LogP contribution in [0.15, 0.2) is 29.8 Å². The maximum atomic E-state index is 13.6. The lowest BCUT2D eigenvalue weighted by molar-refractivity contribution is -0.000461. The molecule has 3 aromatic rings. The predicted molar refractivity (Wildman–Crippen MR) is 255 cm³/mol. The number of hydrogen-bond donors (Lipinski definition) is 1. The second-order valence-electron chi connectivity index (χ2n) is 25.1. The van der Waals surface area contributed by atoms with Crippen molar-refractivity contribution in [1.82, 2.24) is 4.58 Å². The van der Waals surface area contributed by atoms with Gasteiger partial charge in [-0.2, -0.15) is 0 Å². The first-order valence-electron chi connectivity index (χ1n) is 23.0. The van der Waals surface area contributed by atoms with E-state index in [2.05, 4.69) is 182 Å². The average Bonchev–Trinajstić information content (AvgIpc) is 3.10. The number of allylic oxidation sites excluding steroid dienone is 1. The van der Waals surface area contributed by atoms with E-state index in [0.29, 0.717) is 5.56 Å². The van der Waals surface area contributed by atoms with Crippen molar-refractivity contribution in [3.05, 3.63) is 90.5 Å². The van der Waals surface area contributed by atoms with E-state index >= 15 is 0 Å². The zero-order chi connectivity index (χ0) is 46.1. The topological polar surface area (TPSA) is 52.8 Å². The van der Waals surface area contributed by atoms with Gasteiger partial charge in [-0.25, -0.2) is 9.37 Å². The lowest BCUT2D eigenvalue weighted by Gasteiger charge is -2.73. The van der Waals surface area contributed by atoms with Crippen LogP contribution in [0.25, 0.3) is 11.1 Å². The predicted octanol–water partition coefficient (Wildman–Crippen LogP) is 12.5. The molecule has 0 fully saturated rings. The van der Waals surface area contributed by atoms with Crippen molar-refractivity contribution in [2.75, 3.05) is 4.90 Å². The lowest BCUT2D eigenvalue weighted by atomic mass is 9.45. The Hall–Kier alpha value is -3.86. The Morgan fingerprint density at radius 2 is 1.10 bits per heavy atom. The fourth-order valence-electron chi connectivity index (χ4n) is 14.1. The quantitative estimate of drug-likeness (QED) is 0.205. The molecule has 0 saturated heterocycles. The van der Waals surface area contributed by atoms with Crippen LogP contribution < -0.4 is 24.8 Å². The number of carboxylic acids is 1. The number of nitrogens with zero attached hydrogens (tertiary/aromatic N) is 2. The van der Waals surface area contributed by atoms with Crippen LogP contribution in [0.2, 0.25) is 0 Å². The fraction of sp³-hybridized carbons (Fsp3) is 0.607. The van der Waals surface area contributed by atoms with E-state index in [4.69, 9.17) is 4.74 Å². The van der Waals surface area contributed by atoms with E-state index in [-0.39, 0.29) is 54.6 Å². The molecule has 0 aliphatic carbocycles. The third-order valence-electron chi connectivity index (χ3n) is 21.2. The minimum absolute atomic E-state index is 0.179. The molecule has 0 spiro atoms. The van der Waals surface area contributed by atoms with Gasteiger partial charge in [-0.15, -0.1) is 0 Å². The molecule has 0 atom stereocenters. The van der Waals surface area contributed by atoms with Crippen molar-refractivity contribution in [2.24, 2.45) is 16.2 Å². The van der Waals surface area contributed by atoms with Gasteiger partial charge in [0.25, 0.3) is 0 Å². The Labute approximate surface area is 368 Å². The third-order valence-corrected chi connectivity index (χ3v) is 21.2. The first-order chi connectivity index (χ1) is 27.4. The summed E-state index contributed by atoms with van der Waals surface area (Å²) in [5.41, 5.74) is 11.7. The summed E-state index contributed by atoms with van der Waals surface area (Å²) in [5, 5.41) is 13.4. The van der Waals surface area contributed by atoms with Gasteiger partial charge in [0, 0.05) is 88.2 Å². The number of ether oxygens (including phenoxy) is 1. The molecule has 61 heavy (non-hydrogen) atoms. The number of anilines is 1. The van der Waals surface area contributed by atoms with Gasteiger partial charge in [-0.3, -0.25) is 0 Å². The van der Waals surface area contributed by atoms with Crippen molar-refractivity contribution >= 4 is 22.8 Å². The summed E-state index contributed by atoms with van der Waals surface area (Å²) in [4.78, 5) is 16.4. The maximum absolute atomic E-state index is 13.6. The number of aromatic carboxylic acids is 1. The van der Waals surface area contributed by atoms with Gasteiger partial charge in [0.15, 0.2) is 11.1 Å².